The molecule has 1 rings (SSSR count). The van der Waals surface area contributed by atoms with Crippen molar-refractivity contribution in [2.45, 2.75) is 12.6 Å². The fourth-order valence-electron chi connectivity index (χ4n) is 1.64. The number of hydrogen-bond donors (Lipinski definition) is 2. The van der Waals surface area contributed by atoms with Gasteiger partial charge in [0.05, 0.1) is 20.8 Å². The maximum atomic E-state index is 10.9. The van der Waals surface area contributed by atoms with E-state index in [-0.39, 0.29) is 0 Å². The first-order valence-corrected chi connectivity index (χ1v) is 5.27. The Balaban J connectivity index is 3.31. The molecule has 1 aromatic rings. The number of rotatable bonds is 6. The number of hydrogen-bond acceptors (Lipinski definition) is 5. The Morgan fingerprint density at radius 2 is 1.89 bits per heavy atom. The third-order valence-electron chi connectivity index (χ3n) is 2.53. The van der Waals surface area contributed by atoms with Gasteiger partial charge < -0.3 is 25.1 Å². The van der Waals surface area contributed by atoms with Crippen LogP contribution in [0.3, 0.4) is 0 Å². The minimum Gasteiger partial charge on any atom is -0.496 e. The molecule has 0 bridgehead atoms. The third-order valence-corrected chi connectivity index (χ3v) is 2.53. The topological polar surface area (TPSA) is 91.0 Å². The molecule has 0 saturated heterocycles. The van der Waals surface area contributed by atoms with Crippen LogP contribution in [0.15, 0.2) is 12.1 Å². The van der Waals surface area contributed by atoms with Crippen molar-refractivity contribution in [2.75, 3.05) is 21.3 Å². The van der Waals surface area contributed by atoms with Crippen molar-refractivity contribution in [1.29, 1.82) is 0 Å². The van der Waals surface area contributed by atoms with Crippen molar-refractivity contribution < 1.29 is 24.1 Å². The van der Waals surface area contributed by atoms with Gasteiger partial charge in [-0.05, 0) is 6.07 Å². The molecule has 1 aromatic carbocycles. The summed E-state index contributed by atoms with van der Waals surface area (Å²) in [5, 5.41) is 8.96. The molecule has 6 heteroatoms. The molecule has 0 radical (unpaired) electrons. The maximum Gasteiger partial charge on any atom is 0.325 e. The van der Waals surface area contributed by atoms with Crippen LogP contribution in [0.1, 0.15) is 17.2 Å². The first-order valence-electron chi connectivity index (χ1n) is 5.27. The third kappa shape index (κ3) is 2.91. The predicted molar refractivity (Wildman–Crippen MR) is 64.8 cm³/mol. The maximum absolute atomic E-state index is 10.9. The fraction of sp³-hybridized carbons (Fsp3) is 0.417. The summed E-state index contributed by atoms with van der Waals surface area (Å²) < 4.78 is 15.3. The van der Waals surface area contributed by atoms with Crippen LogP contribution in [0.25, 0.3) is 0 Å². The molecule has 0 heterocycles. The van der Waals surface area contributed by atoms with E-state index in [1.54, 1.807) is 19.2 Å². The van der Waals surface area contributed by atoms with E-state index in [2.05, 4.69) is 0 Å². The molecule has 0 aliphatic heterocycles. The first kappa shape index (κ1) is 14.3. The van der Waals surface area contributed by atoms with E-state index in [1.165, 1.54) is 14.2 Å². The van der Waals surface area contributed by atoms with Gasteiger partial charge in [0, 0.05) is 24.3 Å². The lowest BCUT2D eigenvalue weighted by Crippen LogP contribution is -2.21. The smallest absolute Gasteiger partial charge is 0.325 e. The summed E-state index contributed by atoms with van der Waals surface area (Å²) >= 11 is 0. The Hall–Kier alpha value is -1.79. The van der Waals surface area contributed by atoms with Crippen LogP contribution in [0.2, 0.25) is 0 Å². The Kier molecular flexibility index (Phi) is 4.94. The van der Waals surface area contributed by atoms with Crippen LogP contribution >= 0.6 is 0 Å². The lowest BCUT2D eigenvalue weighted by atomic mass is 10.0. The summed E-state index contributed by atoms with van der Waals surface area (Å²) in [6.45, 7) is 0.298. The highest BCUT2D eigenvalue weighted by Crippen LogP contribution is 2.32. The van der Waals surface area contributed by atoms with Gasteiger partial charge in [-0.2, -0.15) is 0 Å². The Morgan fingerprint density at radius 3 is 2.33 bits per heavy atom. The van der Waals surface area contributed by atoms with Crippen LogP contribution in [0, 0.1) is 0 Å². The summed E-state index contributed by atoms with van der Waals surface area (Å²) in [5.74, 6) is -0.182. The highest BCUT2D eigenvalue weighted by atomic mass is 16.5. The van der Waals surface area contributed by atoms with E-state index in [0.717, 1.165) is 0 Å². The van der Waals surface area contributed by atoms with Gasteiger partial charge in [-0.15, -0.1) is 0 Å². The number of ether oxygens (including phenoxy) is 3. The largest absolute Gasteiger partial charge is 0.496 e. The average molecular weight is 255 g/mol. The van der Waals surface area contributed by atoms with Crippen LogP contribution in [0.4, 0.5) is 0 Å². The molecule has 1 atom stereocenters. The van der Waals surface area contributed by atoms with Crippen molar-refractivity contribution in [3.05, 3.63) is 23.3 Å². The number of carbonyl (C=O) groups is 1. The summed E-state index contributed by atoms with van der Waals surface area (Å²) in [5.41, 5.74) is 6.71. The number of carboxylic acid groups (broad SMARTS) is 1. The van der Waals surface area contributed by atoms with Crippen LogP contribution in [-0.2, 0) is 16.1 Å². The minimum absolute atomic E-state index is 0.298. The van der Waals surface area contributed by atoms with Crippen LogP contribution < -0.4 is 15.2 Å². The molecule has 0 aliphatic rings. The quantitative estimate of drug-likeness (QED) is 0.786. The molecule has 18 heavy (non-hydrogen) atoms. The van der Waals surface area contributed by atoms with Crippen molar-refractivity contribution in [2.24, 2.45) is 5.73 Å². The molecular formula is C12H17NO5. The standard InChI is InChI=1S/C12H17NO5/c1-16-6-7-4-8(11(13)12(14)15)10(18-3)5-9(7)17-2/h4-5,11H,6,13H2,1-3H3,(H,14,15). The van der Waals surface area contributed by atoms with Gasteiger partial charge in [0.2, 0.25) is 0 Å². The zero-order valence-electron chi connectivity index (χ0n) is 10.6. The lowest BCUT2D eigenvalue weighted by Gasteiger charge is -2.16. The molecule has 1 unspecified atom stereocenters. The predicted octanol–water partition coefficient (Wildman–Crippen LogP) is 0.935. The number of aliphatic carboxylic acids is 1. The first-order chi connectivity index (χ1) is 8.54. The fourth-order valence-corrected chi connectivity index (χ4v) is 1.64. The molecule has 0 fully saturated rings. The second-order valence-electron chi connectivity index (χ2n) is 3.65. The molecular weight excluding hydrogens is 238 g/mol. The normalized spacial score (nSPS) is 12.0. The van der Waals surface area contributed by atoms with Crippen LogP contribution in [-0.4, -0.2) is 32.4 Å². The second-order valence-corrected chi connectivity index (χ2v) is 3.65. The van der Waals surface area contributed by atoms with E-state index in [4.69, 9.17) is 25.1 Å². The molecule has 0 saturated carbocycles. The number of carboxylic acids is 1. The molecule has 0 spiro atoms. The molecule has 6 nitrogen and oxygen atoms in total. The Bertz CT molecular complexity index is 433. The summed E-state index contributed by atoms with van der Waals surface area (Å²) in [6, 6.07) is 2.08. The monoisotopic (exact) mass is 255 g/mol. The molecule has 0 amide bonds. The van der Waals surface area contributed by atoms with Gasteiger partial charge >= 0.3 is 5.97 Å². The zero-order valence-corrected chi connectivity index (χ0v) is 10.6. The van der Waals surface area contributed by atoms with Crippen molar-refractivity contribution >= 4 is 5.97 Å². The average Bonchev–Trinajstić information content (AvgIpc) is 2.37. The van der Waals surface area contributed by atoms with E-state index in [9.17, 15) is 4.79 Å². The van der Waals surface area contributed by atoms with E-state index >= 15 is 0 Å². The molecule has 0 aromatic heterocycles. The van der Waals surface area contributed by atoms with Gasteiger partial charge in [-0.3, -0.25) is 4.79 Å². The molecule has 100 valence electrons. The van der Waals surface area contributed by atoms with Gasteiger partial charge in [0.25, 0.3) is 0 Å². The van der Waals surface area contributed by atoms with Crippen molar-refractivity contribution in [1.82, 2.24) is 0 Å². The highest BCUT2D eigenvalue weighted by Gasteiger charge is 2.21. The number of methoxy groups -OCH3 is 3. The summed E-state index contributed by atoms with van der Waals surface area (Å²) in [6.07, 6.45) is 0. The lowest BCUT2D eigenvalue weighted by molar-refractivity contribution is -0.138. The van der Waals surface area contributed by atoms with Gasteiger partial charge in [-0.25, -0.2) is 0 Å². The molecule has 3 N–H and O–H groups in total. The zero-order chi connectivity index (χ0) is 13.7. The van der Waals surface area contributed by atoms with Crippen molar-refractivity contribution in [3.63, 3.8) is 0 Å². The Labute approximate surface area is 105 Å². The summed E-state index contributed by atoms with van der Waals surface area (Å²) in [7, 11) is 4.51. The van der Waals surface area contributed by atoms with E-state index in [0.29, 0.717) is 29.2 Å². The second kappa shape index (κ2) is 6.23. The highest BCUT2D eigenvalue weighted by molar-refractivity contribution is 5.76. The van der Waals surface area contributed by atoms with E-state index < -0.39 is 12.0 Å². The number of benzene rings is 1. The van der Waals surface area contributed by atoms with E-state index in [1.807, 2.05) is 0 Å². The Morgan fingerprint density at radius 1 is 1.28 bits per heavy atom. The minimum atomic E-state index is -1.15. The van der Waals surface area contributed by atoms with Gasteiger partial charge in [-0.1, -0.05) is 0 Å². The molecule has 0 aliphatic carbocycles. The number of nitrogens with two attached hydrogens (primary N) is 1. The SMILES string of the molecule is COCc1cc(C(N)C(=O)O)c(OC)cc1OC. The summed E-state index contributed by atoms with van der Waals surface area (Å²) in [4.78, 5) is 10.9. The van der Waals surface area contributed by atoms with Gasteiger partial charge in [0.15, 0.2) is 0 Å². The van der Waals surface area contributed by atoms with Gasteiger partial charge in [0.1, 0.15) is 17.5 Å². The van der Waals surface area contributed by atoms with Crippen molar-refractivity contribution in [3.8, 4) is 11.5 Å². The van der Waals surface area contributed by atoms with Crippen LogP contribution in [0.5, 0.6) is 11.5 Å².